The zero-order chi connectivity index (χ0) is 12.2. The molecule has 0 spiro atoms. The van der Waals surface area contributed by atoms with E-state index in [1.54, 1.807) is 18.3 Å². The summed E-state index contributed by atoms with van der Waals surface area (Å²) in [5.41, 5.74) is 0.611. The Morgan fingerprint density at radius 2 is 1.29 bits per heavy atom. The Kier molecular flexibility index (Phi) is 6.29. The molecule has 17 heavy (non-hydrogen) atoms. The Morgan fingerprint density at radius 1 is 0.765 bits per heavy atom. The third kappa shape index (κ3) is 6.42. The van der Waals surface area contributed by atoms with Gasteiger partial charge in [-0.25, -0.2) is 0 Å². The number of nitrogens with zero attached hydrogens (tertiary/aromatic N) is 1. The summed E-state index contributed by atoms with van der Waals surface area (Å²) in [6, 6.07) is 13.2. The number of hydrogen-bond acceptors (Lipinski definition) is 1. The van der Waals surface area contributed by atoms with Crippen molar-refractivity contribution in [3.05, 3.63) is 73.1 Å². The predicted octanol–water partition coefficient (Wildman–Crippen LogP) is 2.92. The smallest absolute Gasteiger partial charge is 0.117 e. The second-order valence-corrected chi connectivity index (χ2v) is 2.97. The Bertz CT molecular complexity index is 411. The highest BCUT2D eigenvalue weighted by molar-refractivity contribution is 5.18. The number of aromatic nitrogens is 3. The Morgan fingerprint density at radius 3 is 1.47 bits per heavy atom. The molecule has 0 aromatic carbocycles. The molecule has 3 aromatic heterocycles. The Hall–Kier alpha value is -2.67. The molecule has 0 radical (unpaired) electrons. The van der Waals surface area contributed by atoms with Crippen molar-refractivity contribution in [1.82, 2.24) is 15.0 Å². The summed E-state index contributed by atoms with van der Waals surface area (Å²) in [5, 5.41) is 8.15. The van der Waals surface area contributed by atoms with Crippen LogP contribution < -0.4 is 0 Å². The van der Waals surface area contributed by atoms with Crippen LogP contribution in [0.4, 0.5) is 0 Å². The summed E-state index contributed by atoms with van der Waals surface area (Å²) in [4.78, 5) is 8.45. The standard InChI is InChI=1S/C5H4N2.2C4H5N/c6-4-5-2-1-3-7-5;2*1-2-4-5-3-1/h1-3,7H;2*1-5H. The molecule has 0 bridgehead atoms. The van der Waals surface area contributed by atoms with E-state index < -0.39 is 0 Å². The summed E-state index contributed by atoms with van der Waals surface area (Å²) in [6.07, 6.45) is 9.22. The van der Waals surface area contributed by atoms with E-state index >= 15 is 0 Å². The molecule has 3 N–H and O–H groups in total. The zero-order valence-electron chi connectivity index (χ0n) is 9.30. The highest BCUT2D eigenvalue weighted by atomic mass is 14.7. The summed E-state index contributed by atoms with van der Waals surface area (Å²) in [5.74, 6) is 0. The largest absolute Gasteiger partial charge is 0.368 e. The summed E-state index contributed by atoms with van der Waals surface area (Å²) < 4.78 is 0. The van der Waals surface area contributed by atoms with Gasteiger partial charge in [-0.1, -0.05) is 0 Å². The molecule has 3 aromatic rings. The molecule has 0 aliphatic heterocycles. The molecule has 3 rings (SSSR count). The molecular weight excluding hydrogens is 212 g/mol. The van der Waals surface area contributed by atoms with Crippen LogP contribution in [0.3, 0.4) is 0 Å². The first-order valence-corrected chi connectivity index (χ1v) is 5.12. The average Bonchev–Trinajstić information content (AvgIpc) is 3.13. The van der Waals surface area contributed by atoms with Crippen molar-refractivity contribution in [1.29, 1.82) is 5.26 Å². The lowest BCUT2D eigenvalue weighted by molar-refractivity contribution is 1.33. The maximum absolute atomic E-state index is 8.15. The van der Waals surface area contributed by atoms with E-state index in [4.69, 9.17) is 5.26 Å². The lowest BCUT2D eigenvalue weighted by Gasteiger charge is -1.66. The van der Waals surface area contributed by atoms with Crippen LogP contribution in [0.15, 0.2) is 67.4 Å². The van der Waals surface area contributed by atoms with Crippen LogP contribution in [-0.2, 0) is 0 Å². The molecule has 0 saturated heterocycles. The van der Waals surface area contributed by atoms with Crippen molar-refractivity contribution in [2.75, 3.05) is 0 Å². The molecule has 0 fully saturated rings. The van der Waals surface area contributed by atoms with E-state index in [0.29, 0.717) is 5.69 Å². The summed E-state index contributed by atoms with van der Waals surface area (Å²) >= 11 is 0. The summed E-state index contributed by atoms with van der Waals surface area (Å²) in [7, 11) is 0. The molecule has 86 valence electrons. The molecule has 0 amide bonds. The van der Waals surface area contributed by atoms with Gasteiger partial charge >= 0.3 is 0 Å². The van der Waals surface area contributed by atoms with Crippen LogP contribution in [-0.4, -0.2) is 15.0 Å². The van der Waals surface area contributed by atoms with Crippen LogP contribution >= 0.6 is 0 Å². The molecular formula is C13H14N4. The number of H-pyrrole nitrogens is 3. The minimum Gasteiger partial charge on any atom is -0.368 e. The Balaban J connectivity index is 0.000000130. The van der Waals surface area contributed by atoms with Crippen molar-refractivity contribution < 1.29 is 0 Å². The van der Waals surface area contributed by atoms with Gasteiger partial charge in [0.05, 0.1) is 0 Å². The van der Waals surface area contributed by atoms with Crippen molar-refractivity contribution in [3.63, 3.8) is 0 Å². The van der Waals surface area contributed by atoms with Crippen LogP contribution in [0.25, 0.3) is 0 Å². The van der Waals surface area contributed by atoms with Gasteiger partial charge in [-0.05, 0) is 36.4 Å². The van der Waals surface area contributed by atoms with Gasteiger partial charge < -0.3 is 15.0 Å². The van der Waals surface area contributed by atoms with Crippen molar-refractivity contribution >= 4 is 0 Å². The lowest BCUT2D eigenvalue weighted by atomic mass is 10.5. The predicted molar refractivity (Wildman–Crippen MR) is 67.1 cm³/mol. The number of aromatic amines is 3. The molecule has 4 nitrogen and oxygen atoms in total. The van der Waals surface area contributed by atoms with Gasteiger partial charge in [-0.3, -0.25) is 0 Å². The molecule has 4 heteroatoms. The first-order chi connectivity index (χ1) is 8.43. The maximum Gasteiger partial charge on any atom is 0.117 e. The number of nitriles is 1. The molecule has 3 heterocycles. The average molecular weight is 226 g/mol. The van der Waals surface area contributed by atoms with Gasteiger partial charge in [0.1, 0.15) is 11.8 Å². The molecule has 0 saturated carbocycles. The van der Waals surface area contributed by atoms with Crippen molar-refractivity contribution in [2.45, 2.75) is 0 Å². The Labute approximate surface area is 99.9 Å². The fourth-order valence-electron chi connectivity index (χ4n) is 0.955. The molecule has 0 unspecified atom stereocenters. The van der Waals surface area contributed by atoms with Crippen LogP contribution in [0.2, 0.25) is 0 Å². The fourth-order valence-corrected chi connectivity index (χ4v) is 0.955. The SMILES string of the molecule is N#Cc1ccc[nH]1.c1cc[nH]c1.c1cc[nH]c1. The van der Waals surface area contributed by atoms with E-state index in [0.717, 1.165) is 0 Å². The highest BCUT2D eigenvalue weighted by Gasteiger charge is 1.80. The first-order valence-electron chi connectivity index (χ1n) is 5.12. The van der Waals surface area contributed by atoms with Crippen LogP contribution in [0, 0.1) is 11.3 Å². The highest BCUT2D eigenvalue weighted by Crippen LogP contribution is 1.87. The van der Waals surface area contributed by atoms with Gasteiger partial charge in [0.25, 0.3) is 0 Å². The third-order valence-corrected chi connectivity index (χ3v) is 1.71. The quantitative estimate of drug-likeness (QED) is 0.542. The maximum atomic E-state index is 8.15. The van der Waals surface area contributed by atoms with Crippen molar-refractivity contribution in [2.24, 2.45) is 0 Å². The second kappa shape index (κ2) is 8.62. The second-order valence-electron chi connectivity index (χ2n) is 2.97. The normalized spacial score (nSPS) is 7.94. The first kappa shape index (κ1) is 12.4. The van der Waals surface area contributed by atoms with E-state index in [1.807, 2.05) is 55.1 Å². The molecule has 0 aliphatic carbocycles. The fraction of sp³-hybridized carbons (Fsp3) is 0. The monoisotopic (exact) mass is 226 g/mol. The summed E-state index contributed by atoms with van der Waals surface area (Å²) in [6.45, 7) is 0. The van der Waals surface area contributed by atoms with E-state index in [1.165, 1.54) is 0 Å². The zero-order valence-corrected chi connectivity index (χ0v) is 9.30. The van der Waals surface area contributed by atoms with Gasteiger partial charge in [0.2, 0.25) is 0 Å². The van der Waals surface area contributed by atoms with E-state index in [-0.39, 0.29) is 0 Å². The van der Waals surface area contributed by atoms with Gasteiger partial charge in [-0.2, -0.15) is 5.26 Å². The van der Waals surface area contributed by atoms with E-state index in [9.17, 15) is 0 Å². The van der Waals surface area contributed by atoms with Gasteiger partial charge in [-0.15, -0.1) is 0 Å². The topological polar surface area (TPSA) is 71.2 Å². The van der Waals surface area contributed by atoms with Crippen molar-refractivity contribution in [3.8, 4) is 6.07 Å². The van der Waals surface area contributed by atoms with Gasteiger partial charge in [0, 0.05) is 31.0 Å². The molecule has 0 atom stereocenters. The number of rotatable bonds is 0. The lowest BCUT2D eigenvalue weighted by Crippen LogP contribution is -1.64. The van der Waals surface area contributed by atoms with E-state index in [2.05, 4.69) is 15.0 Å². The minimum absolute atomic E-state index is 0.611. The van der Waals surface area contributed by atoms with Crippen LogP contribution in [0.1, 0.15) is 5.69 Å². The molecule has 0 aliphatic rings. The van der Waals surface area contributed by atoms with Gasteiger partial charge in [0.15, 0.2) is 0 Å². The number of nitrogens with one attached hydrogen (secondary N) is 3. The third-order valence-electron chi connectivity index (χ3n) is 1.71. The van der Waals surface area contributed by atoms with Crippen LogP contribution in [0.5, 0.6) is 0 Å². The number of hydrogen-bond donors (Lipinski definition) is 3. The minimum atomic E-state index is 0.611.